The fraction of sp³-hybridized carbons (Fsp3) is 0.909. The Bertz CT molecular complexity index is 133. The number of aliphatic hydroxyl groups excluding tert-OH is 1. The van der Waals surface area contributed by atoms with Crippen molar-refractivity contribution >= 4 is 5.91 Å². The quantitative estimate of drug-likeness (QED) is 0.741. The summed E-state index contributed by atoms with van der Waals surface area (Å²) in [7, 11) is 0. The van der Waals surface area contributed by atoms with E-state index in [1.165, 1.54) is 0 Å². The number of primary amides is 1. The lowest BCUT2D eigenvalue weighted by Gasteiger charge is -2.09. The normalized spacial score (nSPS) is 11.4. The van der Waals surface area contributed by atoms with Gasteiger partial charge < -0.3 is 10.8 Å². The van der Waals surface area contributed by atoms with Crippen molar-refractivity contribution in [3.63, 3.8) is 0 Å². The molecule has 0 bridgehead atoms. The van der Waals surface area contributed by atoms with Gasteiger partial charge in [-0.05, 0) is 12.3 Å². The minimum absolute atomic E-state index is 0. The third-order valence-corrected chi connectivity index (χ3v) is 1.76. The van der Waals surface area contributed by atoms with E-state index in [4.69, 9.17) is 10.8 Å². The van der Waals surface area contributed by atoms with Gasteiger partial charge in [0.05, 0.1) is 6.10 Å². The van der Waals surface area contributed by atoms with Crippen LogP contribution in [0.3, 0.4) is 0 Å². The van der Waals surface area contributed by atoms with Crippen LogP contribution in [0.2, 0.25) is 0 Å². The highest BCUT2D eigenvalue weighted by molar-refractivity contribution is 5.75. The van der Waals surface area contributed by atoms with Crippen molar-refractivity contribution in [1.29, 1.82) is 0 Å². The number of nitrogens with two attached hydrogens (primary N) is 1. The summed E-state index contributed by atoms with van der Waals surface area (Å²) in [6.45, 7) is 9.57. The van der Waals surface area contributed by atoms with Gasteiger partial charge in [0.1, 0.15) is 0 Å². The Morgan fingerprint density at radius 2 is 1.57 bits per heavy atom. The van der Waals surface area contributed by atoms with Gasteiger partial charge in [-0.3, -0.25) is 4.79 Å². The summed E-state index contributed by atoms with van der Waals surface area (Å²) in [5.41, 5.74) is 4.80. The van der Waals surface area contributed by atoms with E-state index in [0.717, 1.165) is 6.42 Å². The molecule has 0 heterocycles. The first-order chi connectivity index (χ1) is 5.82. The molecule has 0 saturated heterocycles. The maximum absolute atomic E-state index is 9.92. The van der Waals surface area contributed by atoms with E-state index in [0.29, 0.717) is 5.92 Å². The van der Waals surface area contributed by atoms with Crippen LogP contribution < -0.4 is 5.73 Å². The summed E-state index contributed by atoms with van der Waals surface area (Å²) in [5, 5.41) is 8.94. The van der Waals surface area contributed by atoms with Crippen LogP contribution in [0.5, 0.6) is 0 Å². The SMILES string of the molecule is C.CC(C)C(N)=O.CCC(O)C(C)C. The van der Waals surface area contributed by atoms with Crippen molar-refractivity contribution < 1.29 is 9.90 Å². The van der Waals surface area contributed by atoms with E-state index in [1.807, 2.05) is 20.8 Å². The predicted molar refractivity (Wildman–Crippen MR) is 61.9 cm³/mol. The molecule has 1 atom stereocenters. The molecule has 0 aliphatic heterocycles. The van der Waals surface area contributed by atoms with Gasteiger partial charge in [0.25, 0.3) is 0 Å². The first-order valence-corrected chi connectivity index (χ1v) is 4.80. The first-order valence-electron chi connectivity index (χ1n) is 4.80. The topological polar surface area (TPSA) is 63.3 Å². The molecule has 0 aromatic rings. The zero-order valence-electron chi connectivity index (χ0n) is 9.37. The summed E-state index contributed by atoms with van der Waals surface area (Å²) in [6.07, 6.45) is 0.775. The predicted octanol–water partition coefficient (Wildman–Crippen LogP) is 2.18. The van der Waals surface area contributed by atoms with Crippen LogP contribution in [0.4, 0.5) is 0 Å². The molecule has 0 aliphatic carbocycles. The van der Waals surface area contributed by atoms with Crippen LogP contribution in [0.1, 0.15) is 48.5 Å². The Morgan fingerprint density at radius 1 is 1.29 bits per heavy atom. The molecule has 0 fully saturated rings. The molecule has 3 nitrogen and oxygen atoms in total. The fourth-order valence-electron chi connectivity index (χ4n) is 0.471. The Kier molecular flexibility index (Phi) is 14.3. The largest absolute Gasteiger partial charge is 0.393 e. The maximum atomic E-state index is 9.92. The van der Waals surface area contributed by atoms with Crippen LogP contribution >= 0.6 is 0 Å². The molecule has 0 aromatic heterocycles. The molecular formula is C11H27NO2. The van der Waals surface area contributed by atoms with Crippen LogP contribution in [-0.4, -0.2) is 17.1 Å². The molecule has 0 rings (SSSR count). The van der Waals surface area contributed by atoms with Gasteiger partial charge in [0.15, 0.2) is 0 Å². The standard InChI is InChI=1S/C6H14O.C4H9NO.CH4/c1-4-6(7)5(2)3;1-3(2)4(5)6;/h5-7H,4H2,1-3H3;3H,1-2H3,(H2,5,6);1H4. The summed E-state index contributed by atoms with van der Waals surface area (Å²) >= 11 is 0. The number of aliphatic hydroxyl groups is 1. The lowest BCUT2D eigenvalue weighted by Crippen LogP contribution is -2.17. The van der Waals surface area contributed by atoms with Crippen LogP contribution in [0.15, 0.2) is 0 Å². The Labute approximate surface area is 88.7 Å². The number of rotatable bonds is 3. The third-order valence-electron chi connectivity index (χ3n) is 1.76. The third kappa shape index (κ3) is 14.0. The summed E-state index contributed by atoms with van der Waals surface area (Å²) in [4.78, 5) is 9.92. The van der Waals surface area contributed by atoms with E-state index < -0.39 is 0 Å². The molecule has 0 saturated carbocycles. The molecule has 0 aromatic carbocycles. The molecule has 0 aliphatic rings. The highest BCUT2D eigenvalue weighted by Gasteiger charge is 2.03. The average Bonchev–Trinajstić information content (AvgIpc) is 2.03. The van der Waals surface area contributed by atoms with Gasteiger partial charge in [0.2, 0.25) is 5.91 Å². The van der Waals surface area contributed by atoms with E-state index in [1.54, 1.807) is 13.8 Å². The second-order valence-electron chi connectivity index (χ2n) is 3.78. The molecule has 1 amide bonds. The van der Waals surface area contributed by atoms with Gasteiger partial charge in [0, 0.05) is 5.92 Å². The minimum Gasteiger partial charge on any atom is -0.393 e. The molecule has 88 valence electrons. The maximum Gasteiger partial charge on any atom is 0.219 e. The number of hydrogen-bond acceptors (Lipinski definition) is 2. The summed E-state index contributed by atoms with van der Waals surface area (Å²) < 4.78 is 0. The molecule has 0 radical (unpaired) electrons. The molecule has 0 spiro atoms. The monoisotopic (exact) mass is 205 g/mol. The van der Waals surface area contributed by atoms with Gasteiger partial charge in [-0.25, -0.2) is 0 Å². The molecule has 1 unspecified atom stereocenters. The van der Waals surface area contributed by atoms with Crippen molar-refractivity contribution in [3.8, 4) is 0 Å². The second-order valence-corrected chi connectivity index (χ2v) is 3.78. The highest BCUT2D eigenvalue weighted by Crippen LogP contribution is 2.02. The van der Waals surface area contributed by atoms with Gasteiger partial charge in [-0.15, -0.1) is 0 Å². The average molecular weight is 205 g/mol. The van der Waals surface area contributed by atoms with E-state index >= 15 is 0 Å². The summed E-state index contributed by atoms with van der Waals surface area (Å²) in [6, 6.07) is 0. The number of hydrogen-bond donors (Lipinski definition) is 2. The van der Waals surface area contributed by atoms with Crippen molar-refractivity contribution in [3.05, 3.63) is 0 Å². The Hall–Kier alpha value is -0.570. The van der Waals surface area contributed by atoms with E-state index in [-0.39, 0.29) is 25.4 Å². The van der Waals surface area contributed by atoms with Crippen LogP contribution in [0.25, 0.3) is 0 Å². The molecule has 3 N–H and O–H groups in total. The van der Waals surface area contributed by atoms with Gasteiger partial charge in [-0.1, -0.05) is 42.0 Å². The second kappa shape index (κ2) is 10.5. The fourth-order valence-corrected chi connectivity index (χ4v) is 0.471. The number of amides is 1. The summed E-state index contributed by atoms with van der Waals surface area (Å²) in [5.74, 6) is 0.171. The van der Waals surface area contributed by atoms with Crippen molar-refractivity contribution in [2.24, 2.45) is 17.6 Å². The van der Waals surface area contributed by atoms with Crippen LogP contribution in [0, 0.1) is 11.8 Å². The smallest absolute Gasteiger partial charge is 0.219 e. The zero-order chi connectivity index (χ0) is 11.0. The van der Waals surface area contributed by atoms with Gasteiger partial charge >= 0.3 is 0 Å². The molecule has 14 heavy (non-hydrogen) atoms. The Morgan fingerprint density at radius 3 is 1.57 bits per heavy atom. The molecular weight excluding hydrogens is 178 g/mol. The van der Waals surface area contributed by atoms with Gasteiger partial charge in [-0.2, -0.15) is 0 Å². The van der Waals surface area contributed by atoms with E-state index in [9.17, 15) is 4.79 Å². The lowest BCUT2D eigenvalue weighted by atomic mass is 10.1. The van der Waals surface area contributed by atoms with Crippen molar-refractivity contribution in [2.45, 2.75) is 54.6 Å². The highest BCUT2D eigenvalue weighted by atomic mass is 16.3. The van der Waals surface area contributed by atoms with Crippen molar-refractivity contribution in [2.75, 3.05) is 0 Å². The Balaban J connectivity index is -0.000000163. The molecule has 3 heteroatoms. The van der Waals surface area contributed by atoms with E-state index in [2.05, 4.69) is 0 Å². The first kappa shape index (κ1) is 19.1. The number of carbonyl (C=O) groups excluding carboxylic acids is 1. The van der Waals surface area contributed by atoms with Crippen LogP contribution in [-0.2, 0) is 4.79 Å². The minimum atomic E-state index is -0.241. The zero-order valence-corrected chi connectivity index (χ0v) is 9.37. The number of carbonyl (C=O) groups is 1. The lowest BCUT2D eigenvalue weighted by molar-refractivity contribution is -0.120. The van der Waals surface area contributed by atoms with Crippen molar-refractivity contribution in [1.82, 2.24) is 0 Å².